The molecule has 1 saturated heterocycles. The average Bonchev–Trinajstić information content (AvgIpc) is 3.48. The van der Waals surface area contributed by atoms with Crippen LogP contribution in [0.3, 0.4) is 0 Å². The summed E-state index contributed by atoms with van der Waals surface area (Å²) in [6.45, 7) is -0.699. The van der Waals surface area contributed by atoms with Crippen molar-refractivity contribution in [2.24, 2.45) is 0 Å². The van der Waals surface area contributed by atoms with Crippen LogP contribution in [0.1, 0.15) is 31.9 Å². The largest absolute Gasteiger partial charge is 1.00 e. The predicted molar refractivity (Wildman–Crippen MR) is 104 cm³/mol. The van der Waals surface area contributed by atoms with Gasteiger partial charge in [-0.25, -0.2) is 19.7 Å². The molecular formula is C17H21F3N5Na2O9P. The van der Waals surface area contributed by atoms with Crippen LogP contribution in [0.25, 0.3) is 11.2 Å². The number of hydrogen-bond acceptors (Lipinski definition) is 12. The molecule has 1 aliphatic carbocycles. The Balaban J connectivity index is 0.000000674. The van der Waals surface area contributed by atoms with Gasteiger partial charge in [0, 0.05) is 6.04 Å². The second-order valence-electron chi connectivity index (χ2n) is 7.76. The molecule has 0 amide bonds. The number of carboxylic acid groups (broad SMARTS) is 1. The molecule has 2 aliphatic rings. The number of nitrogens with zero attached hydrogens (tertiary/aromatic N) is 4. The topological polar surface area (TPSA) is 215 Å². The molecule has 0 unspecified atom stereocenters. The van der Waals surface area contributed by atoms with Gasteiger partial charge >= 0.3 is 71.3 Å². The molecule has 4 atom stereocenters. The van der Waals surface area contributed by atoms with Gasteiger partial charge in [0.2, 0.25) is 0 Å². The van der Waals surface area contributed by atoms with Crippen molar-refractivity contribution in [1.82, 2.24) is 19.5 Å². The van der Waals surface area contributed by atoms with E-state index in [1.165, 1.54) is 17.2 Å². The van der Waals surface area contributed by atoms with Gasteiger partial charge in [-0.2, -0.15) is 13.2 Å². The van der Waals surface area contributed by atoms with Crippen LogP contribution in [0.2, 0.25) is 0 Å². The Kier molecular flexibility index (Phi) is 13.4. The Morgan fingerprint density at radius 3 is 2.32 bits per heavy atom. The Hall–Kier alpha value is -0.400. The molecule has 4 rings (SSSR count). The third-order valence-electron chi connectivity index (χ3n) is 5.31. The first-order chi connectivity index (χ1) is 16.3. The summed E-state index contributed by atoms with van der Waals surface area (Å²) in [5, 5.41) is 30.9. The van der Waals surface area contributed by atoms with E-state index in [1.807, 2.05) is 0 Å². The number of phosphoric ester groups is 1. The minimum absolute atomic E-state index is 0. The number of carbonyl (C=O) groups is 1. The number of phosphoric acid groups is 1. The summed E-state index contributed by atoms with van der Waals surface area (Å²) in [5.74, 6) is -2.19. The monoisotopic (exact) mass is 573 g/mol. The fourth-order valence-corrected chi connectivity index (χ4v) is 4.00. The van der Waals surface area contributed by atoms with E-state index >= 15 is 0 Å². The minimum Gasteiger partial charge on any atom is -0.790 e. The number of carboxylic acids is 1. The normalized spacial score (nSPS) is 24.1. The maximum atomic E-state index is 10.7. The van der Waals surface area contributed by atoms with E-state index in [4.69, 9.17) is 14.6 Å². The smallest absolute Gasteiger partial charge is 0.790 e. The molecule has 3 heterocycles. The Morgan fingerprint density at radius 2 is 1.78 bits per heavy atom. The number of aromatic nitrogens is 4. The molecule has 196 valence electrons. The molecule has 20 heteroatoms. The van der Waals surface area contributed by atoms with Crippen LogP contribution < -0.4 is 74.2 Å². The van der Waals surface area contributed by atoms with Crippen LogP contribution in [0, 0.1) is 0 Å². The van der Waals surface area contributed by atoms with Gasteiger partial charge in [-0.05, 0) is 12.8 Å². The van der Waals surface area contributed by atoms with Gasteiger partial charge in [0.15, 0.2) is 23.2 Å². The molecular weight excluding hydrogens is 552 g/mol. The first kappa shape index (κ1) is 34.6. The zero-order valence-corrected chi connectivity index (χ0v) is 24.6. The molecule has 2 aromatic rings. The van der Waals surface area contributed by atoms with E-state index in [2.05, 4.69) is 24.8 Å². The number of hydrogen-bond donors (Lipinski definition) is 4. The van der Waals surface area contributed by atoms with Crippen LogP contribution in [0.5, 0.6) is 0 Å². The van der Waals surface area contributed by atoms with Crippen molar-refractivity contribution < 1.29 is 116 Å². The van der Waals surface area contributed by atoms with Gasteiger partial charge in [-0.3, -0.25) is 4.57 Å². The number of ether oxygens (including phenoxy) is 1. The van der Waals surface area contributed by atoms with Crippen molar-refractivity contribution in [1.29, 1.82) is 0 Å². The average molecular weight is 573 g/mol. The number of nitrogens with one attached hydrogen (secondary N) is 1. The molecule has 2 fully saturated rings. The quantitative estimate of drug-likeness (QED) is 0.187. The van der Waals surface area contributed by atoms with Gasteiger partial charge in [0.05, 0.1) is 20.8 Å². The minimum atomic E-state index is -5.23. The van der Waals surface area contributed by atoms with Crippen LogP contribution in [-0.2, 0) is 18.6 Å². The maximum absolute atomic E-state index is 10.7. The van der Waals surface area contributed by atoms with E-state index in [1.54, 1.807) is 0 Å². The number of aliphatic carboxylic acids is 1. The summed E-state index contributed by atoms with van der Waals surface area (Å²) in [7, 11) is -5.23. The van der Waals surface area contributed by atoms with Crippen molar-refractivity contribution in [3.63, 3.8) is 0 Å². The zero-order valence-electron chi connectivity index (χ0n) is 19.7. The Bertz CT molecular complexity index is 1090. The van der Waals surface area contributed by atoms with E-state index in [0.717, 1.165) is 25.7 Å². The number of rotatable bonds is 6. The van der Waals surface area contributed by atoms with Gasteiger partial charge in [-0.15, -0.1) is 0 Å². The molecule has 14 nitrogen and oxygen atoms in total. The van der Waals surface area contributed by atoms with Crippen molar-refractivity contribution in [2.45, 2.75) is 62.4 Å². The number of halogens is 3. The van der Waals surface area contributed by atoms with Crippen LogP contribution in [0.4, 0.5) is 19.0 Å². The molecule has 0 spiro atoms. The number of anilines is 1. The van der Waals surface area contributed by atoms with E-state index < -0.39 is 51.1 Å². The maximum Gasteiger partial charge on any atom is 1.00 e. The molecule has 1 aliphatic heterocycles. The zero-order chi connectivity index (χ0) is 26.0. The fourth-order valence-electron chi connectivity index (χ4n) is 3.67. The van der Waals surface area contributed by atoms with Crippen molar-refractivity contribution in [3.05, 3.63) is 12.7 Å². The van der Waals surface area contributed by atoms with Crippen LogP contribution in [-0.4, -0.2) is 77.9 Å². The van der Waals surface area contributed by atoms with E-state index in [-0.39, 0.29) is 59.1 Å². The third-order valence-corrected chi connectivity index (χ3v) is 5.77. The first-order valence-corrected chi connectivity index (χ1v) is 11.7. The molecule has 0 aromatic carbocycles. The van der Waals surface area contributed by atoms with Gasteiger partial charge in [0.1, 0.15) is 24.6 Å². The molecule has 0 bridgehead atoms. The molecule has 4 N–H and O–H groups in total. The van der Waals surface area contributed by atoms with Crippen molar-refractivity contribution in [3.8, 4) is 0 Å². The number of aliphatic hydroxyl groups excluding tert-OH is 2. The summed E-state index contributed by atoms with van der Waals surface area (Å²) in [5.41, 5.74) is 0.870. The van der Waals surface area contributed by atoms with Crippen molar-refractivity contribution in [2.75, 3.05) is 11.9 Å². The summed E-state index contributed by atoms with van der Waals surface area (Å²) >= 11 is 0. The van der Waals surface area contributed by atoms with Gasteiger partial charge in [-0.1, -0.05) is 12.8 Å². The second-order valence-corrected chi connectivity index (χ2v) is 8.92. The van der Waals surface area contributed by atoms with Crippen LogP contribution >= 0.6 is 7.82 Å². The van der Waals surface area contributed by atoms with Crippen LogP contribution in [0.15, 0.2) is 12.7 Å². The number of fused-ring (bicyclic) bond motifs is 1. The molecule has 37 heavy (non-hydrogen) atoms. The third kappa shape index (κ3) is 9.34. The van der Waals surface area contributed by atoms with E-state index in [0.29, 0.717) is 23.0 Å². The second kappa shape index (κ2) is 14.3. The van der Waals surface area contributed by atoms with Gasteiger partial charge < -0.3 is 44.2 Å². The molecule has 1 saturated carbocycles. The number of aliphatic hydroxyl groups is 2. The van der Waals surface area contributed by atoms with Gasteiger partial charge in [0.25, 0.3) is 0 Å². The SMILES string of the molecule is O=C(O)C(F)(F)F.O=P([O-])([O-])OC[C@H]1O[C@@H](n2cnc3c(NC4CCCC4)ncnc32)[C@H](O)[C@@H]1O.[Na+].[Na+]. The Morgan fingerprint density at radius 1 is 1.19 bits per heavy atom. The molecule has 0 radical (unpaired) electrons. The number of imidazole rings is 1. The Labute approximate surface area is 251 Å². The predicted octanol–water partition coefficient (Wildman–Crippen LogP) is -6.71. The summed E-state index contributed by atoms with van der Waals surface area (Å²) in [4.78, 5) is 42.9. The summed E-state index contributed by atoms with van der Waals surface area (Å²) in [6, 6.07) is 0.315. The van der Waals surface area contributed by atoms with E-state index in [9.17, 15) is 37.7 Å². The fraction of sp³-hybridized carbons (Fsp3) is 0.647. The first-order valence-electron chi connectivity index (χ1n) is 10.2. The van der Waals surface area contributed by atoms with Crippen molar-refractivity contribution >= 4 is 30.8 Å². The molecule has 2 aromatic heterocycles. The standard InChI is InChI=1S/C15H22N5O7P.C2HF3O2.2Na/c21-11-9(5-26-28(23,24)25)27-15(12(11)22)20-7-18-10-13(16-6-17-14(10)20)19-8-3-1-2-4-8;3-2(4,5)1(6)7;;/h6-9,11-12,15,21-22H,1-5H2,(H,16,17,19)(H2,23,24,25);(H,6,7);;/q;;2*+1/p-2/t9-,11-,12-,15-;;;/m1.../s1. The number of alkyl halides is 3. The summed E-state index contributed by atoms with van der Waals surface area (Å²) in [6.07, 6.45) is -3.05. The summed E-state index contributed by atoms with van der Waals surface area (Å²) < 4.78 is 53.5.